The molecule has 0 radical (unpaired) electrons. The molecule has 0 N–H and O–H groups in total. The molecular weight excluding hydrogens is 346 g/mol. The topological polar surface area (TPSA) is 95.7 Å². The third-order valence-electron chi connectivity index (χ3n) is 3.18. The van der Waals surface area contributed by atoms with E-state index in [1.54, 1.807) is 31.2 Å². The number of methoxy groups -OCH3 is 1. The Hall–Kier alpha value is -2.87. The summed E-state index contributed by atoms with van der Waals surface area (Å²) in [4.78, 5) is 35.2. The lowest BCUT2D eigenvalue weighted by Gasteiger charge is -2.09. The number of benzene rings is 2. The van der Waals surface area contributed by atoms with Gasteiger partial charge in [-0.1, -0.05) is 23.9 Å². The number of nitrogens with zero attached hydrogens (tertiary/aromatic N) is 1. The van der Waals surface area contributed by atoms with E-state index in [1.807, 2.05) is 0 Å². The van der Waals surface area contributed by atoms with Gasteiger partial charge in [0.2, 0.25) is 0 Å². The summed E-state index contributed by atoms with van der Waals surface area (Å²) in [7, 11) is 1.26. The van der Waals surface area contributed by atoms with Crippen LogP contribution in [0.15, 0.2) is 52.3 Å². The van der Waals surface area contributed by atoms with Crippen LogP contribution >= 0.6 is 11.8 Å². The predicted octanol–water partition coefficient (Wildman–Crippen LogP) is 3.71. The molecule has 0 bridgehead atoms. The monoisotopic (exact) mass is 361 g/mol. The van der Waals surface area contributed by atoms with E-state index in [9.17, 15) is 19.7 Å². The van der Waals surface area contributed by atoms with E-state index in [4.69, 9.17) is 9.47 Å². The lowest BCUT2D eigenvalue weighted by molar-refractivity contribution is -0.387. The highest BCUT2D eigenvalue weighted by molar-refractivity contribution is 7.99. The molecule has 0 amide bonds. The van der Waals surface area contributed by atoms with Crippen molar-refractivity contribution in [1.29, 1.82) is 0 Å². The zero-order valence-corrected chi connectivity index (χ0v) is 14.4. The zero-order chi connectivity index (χ0) is 18.4. The largest absolute Gasteiger partial charge is 0.465 e. The lowest BCUT2D eigenvalue weighted by Crippen LogP contribution is -2.06. The quantitative estimate of drug-likeness (QED) is 0.439. The van der Waals surface area contributed by atoms with Crippen LogP contribution in [-0.2, 0) is 9.47 Å². The third kappa shape index (κ3) is 4.36. The fraction of sp³-hybridized carbons (Fsp3) is 0.176. The van der Waals surface area contributed by atoms with Crippen molar-refractivity contribution in [3.05, 3.63) is 63.7 Å². The minimum Gasteiger partial charge on any atom is -0.465 e. The molecule has 0 saturated heterocycles. The SMILES string of the molecule is CCOC(=O)c1ccc(Sc2ccccc2C(=O)OC)c([N+](=O)[O-])c1. The summed E-state index contributed by atoms with van der Waals surface area (Å²) in [5.74, 6) is -1.16. The van der Waals surface area contributed by atoms with Gasteiger partial charge in [-0.05, 0) is 31.2 Å². The highest BCUT2D eigenvalue weighted by atomic mass is 32.2. The van der Waals surface area contributed by atoms with Gasteiger partial charge >= 0.3 is 11.9 Å². The van der Waals surface area contributed by atoms with E-state index in [0.717, 1.165) is 11.8 Å². The van der Waals surface area contributed by atoms with Gasteiger partial charge < -0.3 is 9.47 Å². The lowest BCUT2D eigenvalue weighted by atomic mass is 10.2. The van der Waals surface area contributed by atoms with Crippen molar-refractivity contribution in [3.63, 3.8) is 0 Å². The molecular formula is C17H15NO6S. The fourth-order valence-corrected chi connectivity index (χ4v) is 3.06. The van der Waals surface area contributed by atoms with Crippen molar-refractivity contribution in [2.24, 2.45) is 0 Å². The summed E-state index contributed by atoms with van der Waals surface area (Å²) < 4.78 is 9.58. The normalized spacial score (nSPS) is 10.2. The van der Waals surface area contributed by atoms with E-state index in [2.05, 4.69) is 0 Å². The number of ether oxygens (including phenoxy) is 2. The van der Waals surface area contributed by atoms with Gasteiger partial charge in [-0.2, -0.15) is 0 Å². The third-order valence-corrected chi connectivity index (χ3v) is 4.32. The summed E-state index contributed by atoms with van der Waals surface area (Å²) in [6.45, 7) is 1.83. The average molecular weight is 361 g/mol. The van der Waals surface area contributed by atoms with Crippen LogP contribution in [0.2, 0.25) is 0 Å². The van der Waals surface area contributed by atoms with Gasteiger partial charge in [0.05, 0.1) is 34.7 Å². The number of hydrogen-bond donors (Lipinski definition) is 0. The maximum absolute atomic E-state index is 11.8. The second kappa shape index (κ2) is 8.29. The maximum atomic E-state index is 11.8. The van der Waals surface area contributed by atoms with Crippen LogP contribution < -0.4 is 0 Å². The number of carbonyl (C=O) groups is 2. The smallest absolute Gasteiger partial charge is 0.339 e. The average Bonchev–Trinajstić information content (AvgIpc) is 2.61. The first-order valence-electron chi connectivity index (χ1n) is 7.28. The summed E-state index contributed by atoms with van der Waals surface area (Å²) in [5, 5.41) is 11.4. The number of hydrogen-bond acceptors (Lipinski definition) is 7. The first-order chi connectivity index (χ1) is 12.0. The number of carbonyl (C=O) groups excluding carboxylic acids is 2. The molecule has 7 nitrogen and oxygen atoms in total. The molecule has 0 aliphatic carbocycles. The highest BCUT2D eigenvalue weighted by Gasteiger charge is 2.21. The number of nitro groups is 1. The van der Waals surface area contributed by atoms with Gasteiger partial charge in [0.25, 0.3) is 5.69 Å². The van der Waals surface area contributed by atoms with Crippen LogP contribution in [0.3, 0.4) is 0 Å². The van der Waals surface area contributed by atoms with Gasteiger partial charge in [-0.15, -0.1) is 0 Å². The zero-order valence-electron chi connectivity index (χ0n) is 13.6. The molecule has 0 aliphatic heterocycles. The Balaban J connectivity index is 2.42. The molecule has 0 fully saturated rings. The van der Waals surface area contributed by atoms with Crippen molar-refractivity contribution in [3.8, 4) is 0 Å². The van der Waals surface area contributed by atoms with Crippen molar-refractivity contribution >= 4 is 29.4 Å². The number of rotatable bonds is 6. The minimum atomic E-state index is -0.628. The second-order valence-corrected chi connectivity index (χ2v) is 5.83. The maximum Gasteiger partial charge on any atom is 0.339 e. The van der Waals surface area contributed by atoms with Crippen LogP contribution in [0, 0.1) is 10.1 Å². The summed E-state index contributed by atoms with van der Waals surface area (Å²) in [6, 6.07) is 10.7. The Bertz CT molecular complexity index is 821. The van der Waals surface area contributed by atoms with Crippen molar-refractivity contribution in [2.75, 3.05) is 13.7 Å². The Morgan fingerprint density at radius 1 is 1.12 bits per heavy atom. The van der Waals surface area contributed by atoms with Gasteiger partial charge in [-0.25, -0.2) is 9.59 Å². The van der Waals surface area contributed by atoms with Crippen molar-refractivity contribution in [2.45, 2.75) is 16.7 Å². The van der Waals surface area contributed by atoms with E-state index >= 15 is 0 Å². The molecule has 130 valence electrons. The van der Waals surface area contributed by atoms with E-state index in [0.29, 0.717) is 15.4 Å². The van der Waals surface area contributed by atoms with Crippen molar-refractivity contribution in [1.82, 2.24) is 0 Å². The molecule has 0 saturated carbocycles. The van der Waals surface area contributed by atoms with Gasteiger partial charge in [0, 0.05) is 11.0 Å². The summed E-state index contributed by atoms with van der Waals surface area (Å²) in [6.07, 6.45) is 0. The predicted molar refractivity (Wildman–Crippen MR) is 91.0 cm³/mol. The second-order valence-electron chi connectivity index (χ2n) is 4.75. The van der Waals surface area contributed by atoms with E-state index in [1.165, 1.54) is 25.3 Å². The first kappa shape index (κ1) is 18.5. The molecule has 2 aromatic rings. The highest BCUT2D eigenvalue weighted by Crippen LogP contribution is 2.37. The summed E-state index contributed by atoms with van der Waals surface area (Å²) >= 11 is 1.05. The van der Waals surface area contributed by atoms with Crippen LogP contribution in [-0.4, -0.2) is 30.6 Å². The van der Waals surface area contributed by atoms with Crippen LogP contribution in [0.4, 0.5) is 5.69 Å². The van der Waals surface area contributed by atoms with E-state index in [-0.39, 0.29) is 17.9 Å². The molecule has 0 heterocycles. The number of nitro benzene ring substituents is 1. The molecule has 25 heavy (non-hydrogen) atoms. The minimum absolute atomic E-state index is 0.0964. The number of esters is 2. The molecule has 2 rings (SSSR count). The Morgan fingerprint density at radius 3 is 2.48 bits per heavy atom. The van der Waals surface area contributed by atoms with E-state index < -0.39 is 16.9 Å². The molecule has 0 aliphatic rings. The summed E-state index contributed by atoms with van der Waals surface area (Å²) in [5.41, 5.74) is 0.160. The Morgan fingerprint density at radius 2 is 1.84 bits per heavy atom. The Labute approximate surface area is 148 Å². The van der Waals surface area contributed by atoms with Crippen molar-refractivity contribution < 1.29 is 24.0 Å². The van der Waals surface area contributed by atoms with Gasteiger partial charge in [0.15, 0.2) is 0 Å². The molecule has 0 atom stereocenters. The van der Waals surface area contributed by atoms with Crippen LogP contribution in [0.25, 0.3) is 0 Å². The van der Waals surface area contributed by atoms with Gasteiger partial charge in [-0.3, -0.25) is 10.1 Å². The molecule has 0 aromatic heterocycles. The Kier molecular flexibility index (Phi) is 6.13. The molecule has 2 aromatic carbocycles. The van der Waals surface area contributed by atoms with Crippen LogP contribution in [0.1, 0.15) is 27.6 Å². The first-order valence-corrected chi connectivity index (χ1v) is 8.10. The van der Waals surface area contributed by atoms with Gasteiger partial charge in [0.1, 0.15) is 0 Å². The fourth-order valence-electron chi connectivity index (χ4n) is 2.04. The standard InChI is InChI=1S/C17H15NO6S/c1-3-24-16(19)11-8-9-15(13(10-11)18(21)22)25-14-7-5-4-6-12(14)17(20)23-2/h4-10H,3H2,1-2H3. The van der Waals surface area contributed by atoms with Crippen LogP contribution in [0.5, 0.6) is 0 Å². The molecule has 8 heteroatoms. The molecule has 0 unspecified atom stereocenters. The molecule has 0 spiro atoms.